The molecule has 1 aliphatic rings. The molecule has 3 nitrogen and oxygen atoms in total. The number of carbonyl (C=O) groups excluding carboxylic acids is 1. The molecule has 4 heteroatoms. The van der Waals surface area contributed by atoms with Crippen LogP contribution in [0.5, 0.6) is 0 Å². The molecule has 0 saturated heterocycles. The summed E-state index contributed by atoms with van der Waals surface area (Å²) < 4.78 is 13.2. The third kappa shape index (κ3) is 3.96. The quantitative estimate of drug-likeness (QED) is 0.838. The number of hydrogen-bond donors (Lipinski definition) is 1. The highest BCUT2D eigenvalue weighted by molar-refractivity contribution is 5.99. The number of anilines is 1. The minimum absolute atomic E-state index is 0.0555. The Labute approximate surface area is 126 Å². The van der Waals surface area contributed by atoms with Crippen molar-refractivity contribution in [3.8, 4) is 0 Å². The maximum atomic E-state index is 13.2. The number of carbonyl (C=O) groups is 1. The Kier molecular flexibility index (Phi) is 5.21. The van der Waals surface area contributed by atoms with Crippen molar-refractivity contribution in [3.05, 3.63) is 29.6 Å². The van der Waals surface area contributed by atoms with Crippen LogP contribution in [-0.2, 0) is 0 Å². The molecule has 0 aromatic heterocycles. The van der Waals surface area contributed by atoms with Crippen molar-refractivity contribution in [2.45, 2.75) is 52.0 Å². The van der Waals surface area contributed by atoms with E-state index in [4.69, 9.17) is 5.73 Å². The molecule has 0 heterocycles. The SMILES string of the molecule is CC(C)CCN(C(=O)c1ccc(F)cc1N)C1CCCC1. The average Bonchev–Trinajstić information content (AvgIpc) is 2.92. The molecular weight excluding hydrogens is 267 g/mol. The van der Waals surface area contributed by atoms with Crippen molar-refractivity contribution in [2.75, 3.05) is 12.3 Å². The number of halogens is 1. The molecular formula is C17H25FN2O. The van der Waals surface area contributed by atoms with Gasteiger partial charge in [-0.1, -0.05) is 26.7 Å². The molecule has 1 aromatic rings. The van der Waals surface area contributed by atoms with E-state index in [2.05, 4.69) is 13.8 Å². The molecule has 0 spiro atoms. The zero-order chi connectivity index (χ0) is 15.4. The normalized spacial score (nSPS) is 15.6. The van der Waals surface area contributed by atoms with Crippen molar-refractivity contribution >= 4 is 11.6 Å². The first-order valence-electron chi connectivity index (χ1n) is 7.85. The van der Waals surface area contributed by atoms with Crippen LogP contribution >= 0.6 is 0 Å². The van der Waals surface area contributed by atoms with E-state index in [1.54, 1.807) is 0 Å². The fourth-order valence-electron chi connectivity index (χ4n) is 2.95. The first kappa shape index (κ1) is 15.8. The third-order valence-electron chi connectivity index (χ3n) is 4.22. The van der Waals surface area contributed by atoms with Crippen molar-refractivity contribution in [1.82, 2.24) is 4.90 Å². The van der Waals surface area contributed by atoms with E-state index in [0.717, 1.165) is 25.8 Å². The van der Waals surface area contributed by atoms with Crippen LogP contribution in [0.25, 0.3) is 0 Å². The smallest absolute Gasteiger partial charge is 0.256 e. The van der Waals surface area contributed by atoms with Crippen LogP contribution in [0, 0.1) is 11.7 Å². The Morgan fingerprint density at radius 1 is 1.38 bits per heavy atom. The Morgan fingerprint density at radius 2 is 2.05 bits per heavy atom. The van der Waals surface area contributed by atoms with Gasteiger partial charge in [0.2, 0.25) is 0 Å². The maximum absolute atomic E-state index is 13.2. The lowest BCUT2D eigenvalue weighted by Crippen LogP contribution is -2.40. The van der Waals surface area contributed by atoms with Gasteiger partial charge in [-0.25, -0.2) is 4.39 Å². The van der Waals surface area contributed by atoms with Crippen molar-refractivity contribution < 1.29 is 9.18 Å². The second-order valence-corrected chi connectivity index (χ2v) is 6.35. The molecule has 1 saturated carbocycles. The van der Waals surface area contributed by atoms with Gasteiger partial charge in [-0.05, 0) is 43.4 Å². The van der Waals surface area contributed by atoms with Crippen LogP contribution in [0.3, 0.4) is 0 Å². The van der Waals surface area contributed by atoms with Crippen LogP contribution in [0.4, 0.5) is 10.1 Å². The standard InChI is InChI=1S/C17H25FN2O/c1-12(2)9-10-20(14-5-3-4-6-14)17(21)15-8-7-13(18)11-16(15)19/h7-8,11-12,14H,3-6,9-10,19H2,1-2H3. The highest BCUT2D eigenvalue weighted by atomic mass is 19.1. The monoisotopic (exact) mass is 292 g/mol. The minimum atomic E-state index is -0.404. The summed E-state index contributed by atoms with van der Waals surface area (Å²) in [6.07, 6.45) is 5.45. The van der Waals surface area contributed by atoms with E-state index in [1.165, 1.54) is 31.0 Å². The molecule has 1 fully saturated rings. The zero-order valence-corrected chi connectivity index (χ0v) is 12.9. The Bertz CT molecular complexity index is 496. The Balaban J connectivity index is 2.19. The Morgan fingerprint density at radius 3 is 2.62 bits per heavy atom. The van der Waals surface area contributed by atoms with Gasteiger partial charge >= 0.3 is 0 Å². The van der Waals surface area contributed by atoms with Gasteiger partial charge in [0.05, 0.1) is 5.56 Å². The largest absolute Gasteiger partial charge is 0.398 e. The molecule has 0 radical (unpaired) electrons. The lowest BCUT2D eigenvalue weighted by molar-refractivity contribution is 0.0673. The maximum Gasteiger partial charge on any atom is 0.256 e. The van der Waals surface area contributed by atoms with Crippen LogP contribution in [-0.4, -0.2) is 23.4 Å². The van der Waals surface area contributed by atoms with Crippen LogP contribution < -0.4 is 5.73 Å². The van der Waals surface area contributed by atoms with E-state index in [1.807, 2.05) is 4.90 Å². The Hall–Kier alpha value is -1.58. The van der Waals surface area contributed by atoms with Gasteiger partial charge in [-0.2, -0.15) is 0 Å². The van der Waals surface area contributed by atoms with Crippen LogP contribution in [0.1, 0.15) is 56.3 Å². The topological polar surface area (TPSA) is 46.3 Å². The van der Waals surface area contributed by atoms with Crippen molar-refractivity contribution in [2.24, 2.45) is 5.92 Å². The molecule has 1 aliphatic carbocycles. The molecule has 0 unspecified atom stereocenters. The van der Waals surface area contributed by atoms with Gasteiger partial charge in [-0.15, -0.1) is 0 Å². The first-order chi connectivity index (χ1) is 9.99. The van der Waals surface area contributed by atoms with Crippen LogP contribution in [0.15, 0.2) is 18.2 Å². The summed E-state index contributed by atoms with van der Waals surface area (Å²) in [7, 11) is 0. The molecule has 116 valence electrons. The van der Waals surface area contributed by atoms with E-state index >= 15 is 0 Å². The summed E-state index contributed by atoms with van der Waals surface area (Å²) in [5.74, 6) is 0.0889. The number of nitrogens with zero attached hydrogens (tertiary/aromatic N) is 1. The van der Waals surface area contributed by atoms with Gasteiger partial charge in [0.15, 0.2) is 0 Å². The van der Waals surface area contributed by atoms with Crippen LogP contribution in [0.2, 0.25) is 0 Å². The predicted molar refractivity (Wildman–Crippen MR) is 83.6 cm³/mol. The summed E-state index contributed by atoms with van der Waals surface area (Å²) in [6, 6.07) is 4.34. The van der Waals surface area contributed by atoms with Gasteiger partial charge in [-0.3, -0.25) is 4.79 Å². The van der Waals surface area contributed by atoms with Gasteiger partial charge in [0.25, 0.3) is 5.91 Å². The van der Waals surface area contributed by atoms with E-state index in [-0.39, 0.29) is 11.6 Å². The number of amides is 1. The molecule has 0 bridgehead atoms. The number of benzene rings is 1. The van der Waals surface area contributed by atoms with Crippen molar-refractivity contribution in [3.63, 3.8) is 0 Å². The molecule has 2 N–H and O–H groups in total. The minimum Gasteiger partial charge on any atom is -0.398 e. The highest BCUT2D eigenvalue weighted by Crippen LogP contribution is 2.27. The molecule has 0 atom stereocenters. The second kappa shape index (κ2) is 6.92. The molecule has 1 amide bonds. The molecule has 1 aromatic carbocycles. The highest BCUT2D eigenvalue weighted by Gasteiger charge is 2.28. The number of nitrogen functional groups attached to an aromatic ring is 1. The third-order valence-corrected chi connectivity index (χ3v) is 4.22. The predicted octanol–water partition coefficient (Wildman–Crippen LogP) is 3.84. The van der Waals surface area contributed by atoms with Crippen molar-refractivity contribution in [1.29, 1.82) is 0 Å². The fraction of sp³-hybridized carbons (Fsp3) is 0.588. The summed E-state index contributed by atoms with van der Waals surface area (Å²) in [4.78, 5) is 14.8. The van der Waals surface area contributed by atoms with Gasteiger partial charge in [0.1, 0.15) is 5.82 Å². The first-order valence-corrected chi connectivity index (χ1v) is 7.85. The van der Waals surface area contributed by atoms with E-state index < -0.39 is 5.82 Å². The number of rotatable bonds is 5. The molecule has 2 rings (SSSR count). The van der Waals surface area contributed by atoms with E-state index in [9.17, 15) is 9.18 Å². The average molecular weight is 292 g/mol. The van der Waals surface area contributed by atoms with Gasteiger partial charge < -0.3 is 10.6 Å². The zero-order valence-electron chi connectivity index (χ0n) is 12.9. The summed E-state index contributed by atoms with van der Waals surface area (Å²) >= 11 is 0. The number of nitrogens with two attached hydrogens (primary N) is 1. The summed E-state index contributed by atoms with van der Waals surface area (Å²) in [6.45, 7) is 5.06. The lowest BCUT2D eigenvalue weighted by Gasteiger charge is -2.30. The second-order valence-electron chi connectivity index (χ2n) is 6.35. The summed E-state index contributed by atoms with van der Waals surface area (Å²) in [5, 5.41) is 0. The number of hydrogen-bond acceptors (Lipinski definition) is 2. The molecule has 21 heavy (non-hydrogen) atoms. The molecule has 0 aliphatic heterocycles. The van der Waals surface area contributed by atoms with E-state index in [0.29, 0.717) is 17.5 Å². The van der Waals surface area contributed by atoms with Gasteiger partial charge in [0, 0.05) is 18.3 Å². The fourth-order valence-corrected chi connectivity index (χ4v) is 2.95. The lowest BCUT2D eigenvalue weighted by atomic mass is 10.1. The summed E-state index contributed by atoms with van der Waals surface area (Å²) in [5.41, 5.74) is 6.48.